The highest BCUT2D eigenvalue weighted by atomic mass is 35.5. The van der Waals surface area contributed by atoms with Gasteiger partial charge in [0.15, 0.2) is 5.78 Å². The zero-order valence-corrected chi connectivity index (χ0v) is 14.4. The van der Waals surface area contributed by atoms with Gasteiger partial charge in [-0.1, -0.05) is 11.6 Å². The van der Waals surface area contributed by atoms with Crippen LogP contribution < -0.4 is 5.32 Å². The van der Waals surface area contributed by atoms with E-state index in [9.17, 15) is 4.79 Å². The molecule has 0 spiro atoms. The van der Waals surface area contributed by atoms with E-state index >= 15 is 0 Å². The van der Waals surface area contributed by atoms with Crippen molar-refractivity contribution in [3.63, 3.8) is 0 Å². The highest BCUT2D eigenvalue weighted by Crippen LogP contribution is 2.27. The maximum atomic E-state index is 12.4. The molecule has 0 fully saturated rings. The summed E-state index contributed by atoms with van der Waals surface area (Å²) < 4.78 is 0. The molecule has 4 nitrogen and oxygen atoms in total. The van der Waals surface area contributed by atoms with E-state index in [1.54, 1.807) is 30.7 Å². The third kappa shape index (κ3) is 3.88. The molecule has 1 aromatic carbocycles. The lowest BCUT2D eigenvalue weighted by atomic mass is 10.2. The van der Waals surface area contributed by atoms with E-state index in [2.05, 4.69) is 15.3 Å². The second-order valence-corrected chi connectivity index (χ2v) is 6.46. The van der Waals surface area contributed by atoms with Crippen LogP contribution >= 0.6 is 22.9 Å². The number of rotatable bonds is 5. The van der Waals surface area contributed by atoms with Gasteiger partial charge in [-0.15, -0.1) is 11.3 Å². The van der Waals surface area contributed by atoms with Gasteiger partial charge in [-0.25, -0.2) is 4.98 Å². The molecule has 0 aliphatic heterocycles. The topological polar surface area (TPSA) is 54.9 Å². The molecule has 6 heteroatoms. The van der Waals surface area contributed by atoms with Gasteiger partial charge in [0, 0.05) is 40.9 Å². The summed E-state index contributed by atoms with van der Waals surface area (Å²) in [5.41, 5.74) is 2.49. The van der Waals surface area contributed by atoms with Crippen molar-refractivity contribution in [3.05, 3.63) is 76.7 Å². The summed E-state index contributed by atoms with van der Waals surface area (Å²) in [5, 5.41) is 4.51. The first-order valence-electron chi connectivity index (χ1n) is 7.24. The summed E-state index contributed by atoms with van der Waals surface area (Å²) in [5.74, 6) is -0.0818. The van der Waals surface area contributed by atoms with Crippen molar-refractivity contribution in [2.75, 3.05) is 5.32 Å². The molecule has 0 saturated heterocycles. The summed E-state index contributed by atoms with van der Waals surface area (Å²) in [6.07, 6.45) is 6.57. The number of allylic oxidation sites excluding steroid dienone is 1. The number of nitrogens with one attached hydrogen (secondary N) is 1. The van der Waals surface area contributed by atoms with Crippen molar-refractivity contribution < 1.29 is 4.79 Å². The molecule has 24 heavy (non-hydrogen) atoms. The van der Waals surface area contributed by atoms with Crippen LogP contribution in [0.15, 0.2) is 61.1 Å². The number of hydrogen-bond acceptors (Lipinski definition) is 5. The summed E-state index contributed by atoms with van der Waals surface area (Å²) in [6, 6.07) is 11.0. The standard InChI is InChI=1S/C18H14ClN3OS/c1-12-17(24-18(22-12)13-3-2-9-20-11-13)16(23)8-10-21-15-6-4-14(19)5-7-15/h2-11,21H,1H3. The predicted molar refractivity (Wildman–Crippen MR) is 98.6 cm³/mol. The zero-order valence-electron chi connectivity index (χ0n) is 12.9. The molecule has 0 saturated carbocycles. The average Bonchev–Trinajstić information content (AvgIpc) is 2.99. The molecule has 2 aromatic heterocycles. The number of benzene rings is 1. The first-order chi connectivity index (χ1) is 11.6. The third-order valence-electron chi connectivity index (χ3n) is 3.26. The summed E-state index contributed by atoms with van der Waals surface area (Å²) in [6.45, 7) is 1.84. The minimum Gasteiger partial charge on any atom is -0.362 e. The highest BCUT2D eigenvalue weighted by molar-refractivity contribution is 7.17. The van der Waals surface area contributed by atoms with E-state index < -0.39 is 0 Å². The van der Waals surface area contributed by atoms with Crippen molar-refractivity contribution in [2.24, 2.45) is 0 Å². The van der Waals surface area contributed by atoms with Crippen LogP contribution in [0.25, 0.3) is 10.6 Å². The minimum absolute atomic E-state index is 0.0818. The number of carbonyl (C=O) groups excluding carboxylic acids is 1. The number of anilines is 1. The van der Waals surface area contributed by atoms with E-state index in [0.29, 0.717) is 9.90 Å². The van der Waals surface area contributed by atoms with E-state index in [4.69, 9.17) is 11.6 Å². The molecule has 0 aliphatic carbocycles. The van der Waals surface area contributed by atoms with Gasteiger partial charge in [-0.2, -0.15) is 0 Å². The van der Waals surface area contributed by atoms with E-state index in [1.807, 2.05) is 31.2 Å². The van der Waals surface area contributed by atoms with Crippen LogP contribution in [-0.4, -0.2) is 15.8 Å². The molecule has 0 bridgehead atoms. The van der Waals surface area contributed by atoms with Crippen molar-refractivity contribution in [3.8, 4) is 10.6 Å². The Balaban J connectivity index is 1.72. The minimum atomic E-state index is -0.0818. The van der Waals surface area contributed by atoms with Crippen LogP contribution in [-0.2, 0) is 0 Å². The predicted octanol–water partition coefficient (Wildman–Crippen LogP) is 4.98. The number of hydrogen-bond donors (Lipinski definition) is 1. The van der Waals surface area contributed by atoms with E-state index in [1.165, 1.54) is 17.4 Å². The maximum absolute atomic E-state index is 12.4. The Bertz CT molecular complexity index is 873. The molecular weight excluding hydrogens is 342 g/mol. The summed E-state index contributed by atoms with van der Waals surface area (Å²) in [4.78, 5) is 21.5. The van der Waals surface area contributed by atoms with Gasteiger partial charge in [0.25, 0.3) is 0 Å². The normalized spacial score (nSPS) is 10.9. The SMILES string of the molecule is Cc1nc(-c2cccnc2)sc1C(=O)C=CNc1ccc(Cl)cc1. The molecule has 0 aliphatic rings. The largest absolute Gasteiger partial charge is 0.362 e. The fourth-order valence-corrected chi connectivity index (χ4v) is 3.18. The number of pyridine rings is 1. The van der Waals surface area contributed by atoms with Gasteiger partial charge < -0.3 is 5.32 Å². The van der Waals surface area contributed by atoms with Crippen molar-refractivity contribution in [1.82, 2.24) is 9.97 Å². The lowest BCUT2D eigenvalue weighted by Gasteiger charge is -1.99. The fourth-order valence-electron chi connectivity index (χ4n) is 2.07. The number of halogens is 1. The molecule has 3 aromatic rings. The number of thiazole rings is 1. The number of nitrogens with zero attached hydrogens (tertiary/aromatic N) is 2. The third-order valence-corrected chi connectivity index (χ3v) is 4.73. The van der Waals surface area contributed by atoms with Gasteiger partial charge >= 0.3 is 0 Å². The number of aromatic nitrogens is 2. The van der Waals surface area contributed by atoms with E-state index in [0.717, 1.165) is 22.0 Å². The molecule has 2 heterocycles. The zero-order chi connectivity index (χ0) is 16.9. The van der Waals surface area contributed by atoms with Crippen LogP contribution in [0.1, 0.15) is 15.4 Å². The molecular formula is C18H14ClN3OS. The lowest BCUT2D eigenvalue weighted by Crippen LogP contribution is -1.95. The Kier molecular flexibility index (Phi) is 5.03. The average molecular weight is 356 g/mol. The molecule has 0 atom stereocenters. The van der Waals surface area contributed by atoms with Crippen LogP contribution in [0.3, 0.4) is 0 Å². The van der Waals surface area contributed by atoms with E-state index in [-0.39, 0.29) is 5.78 Å². The molecule has 3 rings (SSSR count). The Labute approximate surface area is 148 Å². The van der Waals surface area contributed by atoms with Crippen molar-refractivity contribution >= 4 is 34.4 Å². The molecule has 1 N–H and O–H groups in total. The maximum Gasteiger partial charge on any atom is 0.199 e. The van der Waals surface area contributed by atoms with Crippen molar-refractivity contribution in [2.45, 2.75) is 6.92 Å². The van der Waals surface area contributed by atoms with Gasteiger partial charge in [0.05, 0.1) is 10.6 Å². The number of ketones is 1. The first-order valence-corrected chi connectivity index (χ1v) is 8.44. The Morgan fingerprint density at radius 1 is 1.25 bits per heavy atom. The lowest BCUT2D eigenvalue weighted by molar-refractivity contribution is 0.104. The number of carbonyl (C=O) groups is 1. The molecule has 0 radical (unpaired) electrons. The summed E-state index contributed by atoms with van der Waals surface area (Å²) >= 11 is 7.21. The molecule has 120 valence electrons. The van der Waals surface area contributed by atoms with Crippen LogP contribution in [0.2, 0.25) is 5.02 Å². The quantitative estimate of drug-likeness (QED) is 0.518. The summed E-state index contributed by atoms with van der Waals surface area (Å²) in [7, 11) is 0. The first kappa shape index (κ1) is 16.4. The van der Waals surface area contributed by atoms with Crippen LogP contribution in [0.4, 0.5) is 5.69 Å². The van der Waals surface area contributed by atoms with Crippen molar-refractivity contribution in [1.29, 1.82) is 0 Å². The highest BCUT2D eigenvalue weighted by Gasteiger charge is 2.14. The van der Waals surface area contributed by atoms with Gasteiger partial charge in [-0.05, 0) is 43.3 Å². The van der Waals surface area contributed by atoms with Crippen LogP contribution in [0, 0.1) is 6.92 Å². The van der Waals surface area contributed by atoms with Gasteiger partial charge in [0.2, 0.25) is 0 Å². The van der Waals surface area contributed by atoms with Gasteiger partial charge in [-0.3, -0.25) is 9.78 Å². The van der Waals surface area contributed by atoms with Crippen LogP contribution in [0.5, 0.6) is 0 Å². The Morgan fingerprint density at radius 2 is 2.04 bits per heavy atom. The second kappa shape index (κ2) is 7.38. The molecule has 0 unspecified atom stereocenters. The Morgan fingerprint density at radius 3 is 2.75 bits per heavy atom. The second-order valence-electron chi connectivity index (χ2n) is 5.02. The fraction of sp³-hybridized carbons (Fsp3) is 0.0556. The number of aryl methyl sites for hydroxylation is 1. The monoisotopic (exact) mass is 355 g/mol. The smallest absolute Gasteiger partial charge is 0.199 e. The Hall–Kier alpha value is -2.50. The van der Waals surface area contributed by atoms with Gasteiger partial charge in [0.1, 0.15) is 5.01 Å². The molecule has 0 amide bonds.